The van der Waals surface area contributed by atoms with E-state index in [0.29, 0.717) is 5.92 Å². The highest BCUT2D eigenvalue weighted by Crippen LogP contribution is 2.62. The summed E-state index contributed by atoms with van der Waals surface area (Å²) in [5.41, 5.74) is 3.54. The second-order valence-corrected chi connectivity index (χ2v) is 6.87. The number of piperidine rings is 1. The van der Waals surface area contributed by atoms with Crippen molar-refractivity contribution in [1.29, 1.82) is 5.26 Å². The van der Waals surface area contributed by atoms with E-state index in [2.05, 4.69) is 34.4 Å². The van der Waals surface area contributed by atoms with E-state index in [1.54, 1.807) is 0 Å². The maximum absolute atomic E-state index is 9.06. The molecule has 0 spiro atoms. The van der Waals surface area contributed by atoms with Crippen LogP contribution in [-0.2, 0) is 12.6 Å². The third kappa shape index (κ3) is 2.36. The topological polar surface area (TPSA) is 44.9 Å². The van der Waals surface area contributed by atoms with Crippen LogP contribution in [0.4, 0.5) is 0 Å². The zero-order chi connectivity index (χ0) is 15.9. The van der Waals surface area contributed by atoms with E-state index < -0.39 is 0 Å². The molecule has 2 fully saturated rings. The maximum Gasteiger partial charge on any atom is 0.0991 e. The molecule has 1 aromatic heterocycles. The summed E-state index contributed by atoms with van der Waals surface area (Å²) in [6.07, 6.45) is 9.25. The number of nitriles is 1. The Morgan fingerprint density at radius 1 is 1.17 bits per heavy atom. The standard InChI is InChI=1S/C19H22N4/c1-22-14-16(13-21-22)18-11-19(18,23-9-3-2-4-10-23)17-7-5-15(12-20)6-8-17/h5-8,13-14,18H,2-4,9-11H2,1H3/t18-,19+/m1/s1. The Labute approximate surface area is 137 Å². The lowest BCUT2D eigenvalue weighted by molar-refractivity contribution is 0.140. The quantitative estimate of drug-likeness (QED) is 0.875. The van der Waals surface area contributed by atoms with Gasteiger partial charge in [0.05, 0.1) is 23.4 Å². The van der Waals surface area contributed by atoms with E-state index in [1.807, 2.05) is 30.1 Å². The van der Waals surface area contributed by atoms with Gasteiger partial charge in [0, 0.05) is 19.2 Å². The molecule has 4 nitrogen and oxygen atoms in total. The number of rotatable bonds is 3. The lowest BCUT2D eigenvalue weighted by Crippen LogP contribution is -2.40. The molecule has 0 bridgehead atoms. The highest BCUT2D eigenvalue weighted by atomic mass is 15.3. The summed E-state index contributed by atoms with van der Waals surface area (Å²) in [6, 6.07) is 10.5. The first-order chi connectivity index (χ1) is 11.2. The van der Waals surface area contributed by atoms with Crippen molar-refractivity contribution in [3.63, 3.8) is 0 Å². The molecule has 2 atom stereocenters. The van der Waals surface area contributed by atoms with Gasteiger partial charge in [0.25, 0.3) is 0 Å². The normalized spacial score (nSPS) is 27.6. The van der Waals surface area contributed by atoms with Gasteiger partial charge in [-0.1, -0.05) is 18.6 Å². The monoisotopic (exact) mass is 306 g/mol. The van der Waals surface area contributed by atoms with Crippen molar-refractivity contribution in [2.75, 3.05) is 13.1 Å². The van der Waals surface area contributed by atoms with Gasteiger partial charge in [0.2, 0.25) is 0 Å². The Morgan fingerprint density at radius 2 is 1.91 bits per heavy atom. The SMILES string of the molecule is Cn1cc([C@H]2C[C@@]2(c2ccc(C#N)cc2)N2CCCCC2)cn1. The predicted octanol–water partition coefficient (Wildman–Crippen LogP) is 3.16. The Hall–Kier alpha value is -2.12. The number of hydrogen-bond acceptors (Lipinski definition) is 3. The van der Waals surface area contributed by atoms with Crippen LogP contribution in [0.15, 0.2) is 36.7 Å². The summed E-state index contributed by atoms with van der Waals surface area (Å²) in [6.45, 7) is 2.35. The van der Waals surface area contributed by atoms with Crippen LogP contribution < -0.4 is 0 Å². The lowest BCUT2D eigenvalue weighted by Gasteiger charge is -2.36. The molecular weight excluding hydrogens is 284 g/mol. The van der Waals surface area contributed by atoms with Gasteiger partial charge in [-0.05, 0) is 55.6 Å². The minimum absolute atomic E-state index is 0.109. The largest absolute Gasteiger partial charge is 0.293 e. The molecular formula is C19H22N4. The van der Waals surface area contributed by atoms with Crippen LogP contribution in [0.1, 0.15) is 48.3 Å². The first-order valence-electron chi connectivity index (χ1n) is 8.48. The third-order valence-electron chi connectivity index (χ3n) is 5.49. The van der Waals surface area contributed by atoms with Gasteiger partial charge in [-0.3, -0.25) is 9.58 Å². The molecule has 0 unspecified atom stereocenters. The smallest absolute Gasteiger partial charge is 0.0991 e. The van der Waals surface area contributed by atoms with E-state index in [-0.39, 0.29) is 5.54 Å². The molecule has 2 heterocycles. The van der Waals surface area contributed by atoms with Crippen LogP contribution in [-0.4, -0.2) is 27.8 Å². The van der Waals surface area contributed by atoms with Crippen molar-refractivity contribution in [1.82, 2.24) is 14.7 Å². The van der Waals surface area contributed by atoms with Crippen LogP contribution in [0.25, 0.3) is 0 Å². The lowest BCUT2D eigenvalue weighted by atomic mass is 9.95. The molecule has 1 saturated heterocycles. The number of nitrogens with zero attached hydrogens (tertiary/aromatic N) is 4. The molecule has 0 N–H and O–H groups in total. The van der Waals surface area contributed by atoms with E-state index in [1.165, 1.54) is 43.5 Å². The average Bonchev–Trinajstić information content (AvgIpc) is 3.23. The zero-order valence-electron chi connectivity index (χ0n) is 13.6. The van der Waals surface area contributed by atoms with Gasteiger partial charge in [-0.25, -0.2) is 0 Å². The highest BCUT2D eigenvalue weighted by molar-refractivity contribution is 5.44. The van der Waals surface area contributed by atoms with Crippen LogP contribution in [0.2, 0.25) is 0 Å². The molecule has 23 heavy (non-hydrogen) atoms. The Bertz CT molecular complexity index is 733. The second-order valence-electron chi connectivity index (χ2n) is 6.87. The number of benzene rings is 1. The number of aryl methyl sites for hydroxylation is 1. The summed E-state index contributed by atoms with van der Waals surface area (Å²) in [7, 11) is 1.98. The zero-order valence-corrected chi connectivity index (χ0v) is 13.6. The van der Waals surface area contributed by atoms with Crippen LogP contribution in [0.3, 0.4) is 0 Å². The van der Waals surface area contributed by atoms with Crippen LogP contribution in [0.5, 0.6) is 0 Å². The van der Waals surface area contributed by atoms with Crippen molar-refractivity contribution < 1.29 is 0 Å². The molecule has 1 aliphatic carbocycles. The van der Waals surface area contributed by atoms with Crippen LogP contribution >= 0.6 is 0 Å². The molecule has 2 aromatic rings. The van der Waals surface area contributed by atoms with Crippen molar-refractivity contribution in [3.05, 3.63) is 53.3 Å². The first-order valence-corrected chi connectivity index (χ1v) is 8.48. The highest BCUT2D eigenvalue weighted by Gasteiger charge is 2.59. The fraction of sp³-hybridized carbons (Fsp3) is 0.474. The molecule has 0 amide bonds. The molecule has 1 aliphatic heterocycles. The summed E-state index contributed by atoms with van der Waals surface area (Å²) in [4.78, 5) is 2.68. The molecule has 0 radical (unpaired) electrons. The fourth-order valence-electron chi connectivity index (χ4n) is 4.24. The Kier molecular flexibility index (Phi) is 3.46. The molecule has 2 aliphatic rings. The first kappa shape index (κ1) is 14.5. The van der Waals surface area contributed by atoms with Gasteiger partial charge in [0.1, 0.15) is 0 Å². The van der Waals surface area contributed by atoms with E-state index in [9.17, 15) is 0 Å². The van der Waals surface area contributed by atoms with Gasteiger partial charge in [0.15, 0.2) is 0 Å². The van der Waals surface area contributed by atoms with Gasteiger partial charge in [-0.2, -0.15) is 10.4 Å². The molecule has 4 heteroatoms. The maximum atomic E-state index is 9.06. The van der Waals surface area contributed by atoms with E-state index in [4.69, 9.17) is 5.26 Å². The van der Waals surface area contributed by atoms with Gasteiger partial charge >= 0.3 is 0 Å². The van der Waals surface area contributed by atoms with Crippen molar-refractivity contribution >= 4 is 0 Å². The summed E-state index contributed by atoms with van der Waals surface area (Å²) in [5.74, 6) is 0.516. The second kappa shape index (κ2) is 5.50. The van der Waals surface area contributed by atoms with Gasteiger partial charge in [-0.15, -0.1) is 0 Å². The van der Waals surface area contributed by atoms with Crippen LogP contribution in [0, 0.1) is 11.3 Å². The predicted molar refractivity (Wildman–Crippen MR) is 88.8 cm³/mol. The third-order valence-corrected chi connectivity index (χ3v) is 5.49. The Morgan fingerprint density at radius 3 is 2.52 bits per heavy atom. The molecule has 1 saturated carbocycles. The Balaban J connectivity index is 1.71. The minimum Gasteiger partial charge on any atom is -0.293 e. The molecule has 1 aromatic carbocycles. The average molecular weight is 306 g/mol. The van der Waals surface area contributed by atoms with Gasteiger partial charge < -0.3 is 0 Å². The van der Waals surface area contributed by atoms with E-state index >= 15 is 0 Å². The fourth-order valence-corrected chi connectivity index (χ4v) is 4.24. The van der Waals surface area contributed by atoms with Crippen molar-refractivity contribution in [3.8, 4) is 6.07 Å². The number of hydrogen-bond donors (Lipinski definition) is 0. The summed E-state index contributed by atoms with van der Waals surface area (Å²) >= 11 is 0. The van der Waals surface area contributed by atoms with Crippen molar-refractivity contribution in [2.24, 2.45) is 7.05 Å². The molecule has 4 rings (SSSR count). The molecule has 118 valence electrons. The van der Waals surface area contributed by atoms with E-state index in [0.717, 1.165) is 12.0 Å². The summed E-state index contributed by atoms with van der Waals surface area (Å²) in [5, 5.41) is 13.4. The minimum atomic E-state index is 0.109. The number of aromatic nitrogens is 2. The number of likely N-dealkylation sites (tertiary alicyclic amines) is 1. The van der Waals surface area contributed by atoms with Crippen molar-refractivity contribution in [2.45, 2.75) is 37.1 Å². The summed E-state index contributed by atoms with van der Waals surface area (Å²) < 4.78 is 1.90.